The smallest absolute Gasteiger partial charge is 0.346 e. The summed E-state index contributed by atoms with van der Waals surface area (Å²) < 4.78 is 15.6. The van der Waals surface area contributed by atoms with Crippen LogP contribution in [0.1, 0.15) is 49.9 Å². The molecule has 0 spiro atoms. The van der Waals surface area contributed by atoms with Crippen LogP contribution in [0.2, 0.25) is 0 Å². The van der Waals surface area contributed by atoms with Crippen molar-refractivity contribution >= 4 is 17.6 Å². The summed E-state index contributed by atoms with van der Waals surface area (Å²) >= 11 is 0. The number of nitro benzene ring substituents is 1. The van der Waals surface area contributed by atoms with Crippen LogP contribution < -0.4 is 14.8 Å². The Morgan fingerprint density at radius 3 is 2.52 bits per heavy atom. The third-order valence-corrected chi connectivity index (χ3v) is 4.35. The van der Waals surface area contributed by atoms with Gasteiger partial charge in [0.2, 0.25) is 0 Å². The molecule has 1 aromatic carbocycles. The Hall–Kier alpha value is -2.84. The zero-order valence-corrected chi connectivity index (χ0v) is 15.6. The zero-order valence-electron chi connectivity index (χ0n) is 15.6. The summed E-state index contributed by atoms with van der Waals surface area (Å²) in [5, 5.41) is 14.2. The summed E-state index contributed by atoms with van der Waals surface area (Å²) in [4.78, 5) is 35.3. The van der Waals surface area contributed by atoms with Crippen molar-refractivity contribution in [3.63, 3.8) is 0 Å². The number of hydrogen-bond donors (Lipinski definition) is 1. The van der Waals surface area contributed by atoms with Crippen molar-refractivity contribution in [1.29, 1.82) is 0 Å². The average molecular weight is 380 g/mol. The van der Waals surface area contributed by atoms with Crippen LogP contribution in [-0.2, 0) is 9.53 Å². The van der Waals surface area contributed by atoms with Gasteiger partial charge < -0.3 is 19.5 Å². The van der Waals surface area contributed by atoms with Crippen molar-refractivity contribution in [2.45, 2.75) is 51.7 Å². The van der Waals surface area contributed by atoms with Gasteiger partial charge in [0.05, 0.1) is 24.7 Å². The fraction of sp³-hybridized carbons (Fsp3) is 0.556. The fourth-order valence-electron chi connectivity index (χ4n) is 2.96. The minimum absolute atomic E-state index is 0.0820. The SMILES string of the molecule is CCOc1cc([N+](=O)[O-])c(C(=O)O[C@H](C)C(=O)NC2CCCC2)cc1OC. The molecule has 148 valence electrons. The minimum Gasteiger partial charge on any atom is -0.493 e. The predicted octanol–water partition coefficient (Wildman–Crippen LogP) is 2.61. The van der Waals surface area contributed by atoms with Crippen molar-refractivity contribution in [3.8, 4) is 11.5 Å². The number of esters is 1. The Morgan fingerprint density at radius 1 is 1.30 bits per heavy atom. The predicted molar refractivity (Wildman–Crippen MR) is 96.1 cm³/mol. The van der Waals surface area contributed by atoms with Crippen molar-refractivity contribution in [2.75, 3.05) is 13.7 Å². The van der Waals surface area contributed by atoms with Crippen molar-refractivity contribution in [2.24, 2.45) is 0 Å². The van der Waals surface area contributed by atoms with Gasteiger partial charge in [-0.2, -0.15) is 0 Å². The quantitative estimate of drug-likeness (QED) is 0.418. The molecule has 1 N–H and O–H groups in total. The van der Waals surface area contributed by atoms with Gasteiger partial charge in [0.1, 0.15) is 5.56 Å². The highest BCUT2D eigenvalue weighted by molar-refractivity contribution is 5.96. The second-order valence-electron chi connectivity index (χ2n) is 6.25. The molecular weight excluding hydrogens is 356 g/mol. The molecule has 0 aromatic heterocycles. The van der Waals surface area contributed by atoms with E-state index in [4.69, 9.17) is 14.2 Å². The number of methoxy groups -OCH3 is 1. The zero-order chi connectivity index (χ0) is 20.0. The number of ether oxygens (including phenoxy) is 3. The van der Waals surface area contributed by atoms with Crippen LogP contribution in [0.3, 0.4) is 0 Å². The van der Waals surface area contributed by atoms with E-state index >= 15 is 0 Å². The van der Waals surface area contributed by atoms with E-state index in [0.29, 0.717) is 0 Å². The van der Waals surface area contributed by atoms with Gasteiger partial charge in [0, 0.05) is 12.1 Å². The van der Waals surface area contributed by atoms with Crippen LogP contribution in [0.25, 0.3) is 0 Å². The number of benzene rings is 1. The molecule has 1 aliphatic carbocycles. The first-order valence-corrected chi connectivity index (χ1v) is 8.88. The number of nitrogens with zero attached hydrogens (tertiary/aromatic N) is 1. The topological polar surface area (TPSA) is 117 Å². The Balaban J connectivity index is 2.18. The first kappa shape index (κ1) is 20.5. The molecule has 1 aliphatic rings. The van der Waals surface area contributed by atoms with Gasteiger partial charge in [0.15, 0.2) is 17.6 Å². The highest BCUT2D eigenvalue weighted by Crippen LogP contribution is 2.35. The monoisotopic (exact) mass is 380 g/mol. The maximum atomic E-state index is 12.5. The maximum absolute atomic E-state index is 12.5. The standard InChI is InChI=1S/C18H24N2O7/c1-4-26-16-10-14(20(23)24)13(9-15(16)25-3)18(22)27-11(2)17(21)19-12-7-5-6-8-12/h9-12H,4-8H2,1-3H3,(H,19,21)/t11-/m1/s1. The molecule has 0 heterocycles. The average Bonchev–Trinajstić information content (AvgIpc) is 3.14. The van der Waals surface area contributed by atoms with Gasteiger partial charge in [-0.25, -0.2) is 4.79 Å². The molecule has 1 fully saturated rings. The Morgan fingerprint density at radius 2 is 1.96 bits per heavy atom. The summed E-state index contributed by atoms with van der Waals surface area (Å²) in [6.45, 7) is 3.42. The van der Waals surface area contributed by atoms with Crippen molar-refractivity contribution < 1.29 is 28.7 Å². The number of amides is 1. The van der Waals surface area contributed by atoms with Gasteiger partial charge in [-0.1, -0.05) is 12.8 Å². The summed E-state index contributed by atoms with van der Waals surface area (Å²) in [7, 11) is 1.36. The molecule has 9 nitrogen and oxygen atoms in total. The molecule has 9 heteroatoms. The second-order valence-corrected chi connectivity index (χ2v) is 6.25. The van der Waals surface area contributed by atoms with Crippen LogP contribution in [0.15, 0.2) is 12.1 Å². The van der Waals surface area contributed by atoms with E-state index < -0.39 is 28.6 Å². The highest BCUT2D eigenvalue weighted by atomic mass is 16.6. The van der Waals surface area contributed by atoms with Gasteiger partial charge >= 0.3 is 5.97 Å². The molecule has 1 saturated carbocycles. The molecule has 0 radical (unpaired) electrons. The molecule has 0 aliphatic heterocycles. The van der Waals surface area contributed by atoms with E-state index in [9.17, 15) is 19.7 Å². The van der Waals surface area contributed by atoms with E-state index in [1.807, 2.05) is 0 Å². The normalized spacial score (nSPS) is 15.1. The lowest BCUT2D eigenvalue weighted by Crippen LogP contribution is -2.40. The van der Waals surface area contributed by atoms with Gasteiger partial charge in [-0.15, -0.1) is 0 Å². The first-order chi connectivity index (χ1) is 12.9. The lowest BCUT2D eigenvalue weighted by atomic mass is 10.1. The minimum atomic E-state index is -1.07. The van der Waals surface area contributed by atoms with E-state index in [1.165, 1.54) is 20.1 Å². The third kappa shape index (κ3) is 5.08. The van der Waals surface area contributed by atoms with E-state index in [-0.39, 0.29) is 29.7 Å². The maximum Gasteiger partial charge on any atom is 0.346 e. The van der Waals surface area contributed by atoms with Crippen molar-refractivity contribution in [3.05, 3.63) is 27.8 Å². The Labute approximate surface area is 157 Å². The number of nitro groups is 1. The number of hydrogen-bond acceptors (Lipinski definition) is 7. The molecule has 1 aromatic rings. The molecular formula is C18H24N2O7. The molecule has 27 heavy (non-hydrogen) atoms. The number of rotatable bonds is 8. The molecule has 2 rings (SSSR count). The molecule has 1 atom stereocenters. The number of carbonyl (C=O) groups is 2. The van der Waals surface area contributed by atoms with Crippen LogP contribution in [-0.4, -0.2) is 42.7 Å². The molecule has 0 saturated heterocycles. The Bertz CT molecular complexity index is 714. The second kappa shape index (κ2) is 9.20. The van der Waals surface area contributed by atoms with Crippen LogP contribution in [0.4, 0.5) is 5.69 Å². The Kier molecular flexibility index (Phi) is 6.98. The summed E-state index contributed by atoms with van der Waals surface area (Å²) in [5.74, 6) is -1.08. The largest absolute Gasteiger partial charge is 0.493 e. The first-order valence-electron chi connectivity index (χ1n) is 8.88. The lowest BCUT2D eigenvalue weighted by Gasteiger charge is -2.17. The van der Waals surface area contributed by atoms with E-state index in [2.05, 4.69) is 5.32 Å². The van der Waals surface area contributed by atoms with Crippen LogP contribution in [0.5, 0.6) is 11.5 Å². The van der Waals surface area contributed by atoms with Gasteiger partial charge in [0.25, 0.3) is 11.6 Å². The van der Waals surface area contributed by atoms with Crippen LogP contribution in [0, 0.1) is 10.1 Å². The van der Waals surface area contributed by atoms with Gasteiger partial charge in [-0.05, 0) is 26.7 Å². The van der Waals surface area contributed by atoms with E-state index in [0.717, 1.165) is 31.7 Å². The van der Waals surface area contributed by atoms with Crippen LogP contribution >= 0.6 is 0 Å². The fourth-order valence-corrected chi connectivity index (χ4v) is 2.96. The molecule has 1 amide bonds. The third-order valence-electron chi connectivity index (χ3n) is 4.35. The number of carbonyl (C=O) groups excluding carboxylic acids is 2. The molecule has 0 unspecified atom stereocenters. The summed E-state index contributed by atoms with van der Waals surface area (Å²) in [5.41, 5.74) is -0.784. The highest BCUT2D eigenvalue weighted by Gasteiger charge is 2.29. The lowest BCUT2D eigenvalue weighted by molar-refractivity contribution is -0.385. The van der Waals surface area contributed by atoms with Gasteiger partial charge in [-0.3, -0.25) is 14.9 Å². The van der Waals surface area contributed by atoms with E-state index in [1.54, 1.807) is 6.92 Å². The number of nitrogens with one attached hydrogen (secondary N) is 1. The summed E-state index contributed by atoms with van der Waals surface area (Å²) in [6.07, 6.45) is 2.83. The summed E-state index contributed by atoms with van der Waals surface area (Å²) in [6, 6.07) is 2.38. The van der Waals surface area contributed by atoms with Crippen molar-refractivity contribution in [1.82, 2.24) is 5.32 Å². The molecule has 0 bridgehead atoms.